The van der Waals surface area contributed by atoms with Crippen LogP contribution in [0.5, 0.6) is 0 Å². The van der Waals surface area contributed by atoms with E-state index in [-0.39, 0.29) is 11.2 Å². The molecule has 0 bridgehead atoms. The summed E-state index contributed by atoms with van der Waals surface area (Å²) in [6.07, 6.45) is 5.90. The zero-order valence-electron chi connectivity index (χ0n) is 15.9. The van der Waals surface area contributed by atoms with Gasteiger partial charge in [-0.3, -0.25) is 18.5 Å². The van der Waals surface area contributed by atoms with Crippen LogP contribution < -0.4 is 11.2 Å². The van der Waals surface area contributed by atoms with Crippen molar-refractivity contribution in [1.29, 1.82) is 0 Å². The van der Waals surface area contributed by atoms with Crippen LogP contribution in [-0.4, -0.2) is 34.0 Å². The van der Waals surface area contributed by atoms with Crippen molar-refractivity contribution >= 4 is 38.9 Å². The highest BCUT2D eigenvalue weighted by Crippen LogP contribution is 2.22. The van der Waals surface area contributed by atoms with Crippen molar-refractivity contribution < 1.29 is 0 Å². The molecule has 0 aliphatic rings. The Hall–Kier alpha value is -2.59. The van der Waals surface area contributed by atoms with E-state index in [0.29, 0.717) is 24.1 Å². The number of nitrogens with zero attached hydrogens (tertiary/aromatic N) is 6. The first-order chi connectivity index (χ1) is 14.0. The first-order valence-electron chi connectivity index (χ1n) is 9.00. The summed E-state index contributed by atoms with van der Waals surface area (Å²) in [5.74, 6) is 0.729. The molecule has 0 aliphatic carbocycles. The minimum atomic E-state index is -0.345. The van der Waals surface area contributed by atoms with Crippen LogP contribution in [0.3, 0.4) is 0 Å². The molecule has 3 aromatic heterocycles. The molecule has 8 nitrogen and oxygen atoms in total. The molecule has 3 heterocycles. The van der Waals surface area contributed by atoms with E-state index in [1.165, 1.54) is 9.13 Å². The third kappa shape index (κ3) is 3.69. The number of fused-ring (bicyclic) bond motifs is 1. The van der Waals surface area contributed by atoms with Crippen molar-refractivity contribution in [2.75, 3.05) is 5.75 Å². The largest absolute Gasteiger partial charge is 0.332 e. The van der Waals surface area contributed by atoms with E-state index in [2.05, 4.69) is 25.9 Å². The summed E-state index contributed by atoms with van der Waals surface area (Å²) in [6.45, 7) is 0.346. The number of thioether (sulfide) groups is 1. The van der Waals surface area contributed by atoms with E-state index < -0.39 is 0 Å². The lowest BCUT2D eigenvalue weighted by Crippen LogP contribution is -2.39. The van der Waals surface area contributed by atoms with Gasteiger partial charge >= 0.3 is 5.69 Å². The minimum absolute atomic E-state index is 0.301. The number of benzene rings is 1. The van der Waals surface area contributed by atoms with E-state index in [4.69, 9.17) is 0 Å². The maximum atomic E-state index is 12.7. The van der Waals surface area contributed by atoms with Crippen molar-refractivity contribution in [2.24, 2.45) is 14.1 Å². The maximum absolute atomic E-state index is 12.7. The van der Waals surface area contributed by atoms with Crippen LogP contribution in [0.25, 0.3) is 16.9 Å². The monoisotopic (exact) mass is 474 g/mol. The van der Waals surface area contributed by atoms with E-state index in [1.54, 1.807) is 42.9 Å². The molecule has 150 valence electrons. The van der Waals surface area contributed by atoms with Crippen LogP contribution in [0.15, 0.2) is 62.2 Å². The number of rotatable bonds is 6. The minimum Gasteiger partial charge on any atom is -0.328 e. The molecule has 4 rings (SSSR count). The van der Waals surface area contributed by atoms with Gasteiger partial charge in [0.05, 0.1) is 6.33 Å². The summed E-state index contributed by atoms with van der Waals surface area (Å²) in [4.78, 5) is 33.9. The Morgan fingerprint density at radius 3 is 2.62 bits per heavy atom. The van der Waals surface area contributed by atoms with Gasteiger partial charge in [-0.05, 0) is 30.7 Å². The average molecular weight is 475 g/mol. The summed E-state index contributed by atoms with van der Waals surface area (Å²) >= 11 is 5.04. The van der Waals surface area contributed by atoms with Gasteiger partial charge in [-0.15, -0.1) is 0 Å². The van der Waals surface area contributed by atoms with Crippen LogP contribution in [0.1, 0.15) is 6.42 Å². The zero-order chi connectivity index (χ0) is 20.5. The molecule has 29 heavy (non-hydrogen) atoms. The molecule has 0 atom stereocenters. The van der Waals surface area contributed by atoms with Crippen LogP contribution in [0.2, 0.25) is 0 Å². The van der Waals surface area contributed by atoms with E-state index in [9.17, 15) is 9.59 Å². The van der Waals surface area contributed by atoms with Gasteiger partial charge in [-0.1, -0.05) is 27.7 Å². The standard InChI is InChI=1S/C19H19BrN6O2S/c1-23-12-22-16-15(23)17(27)26(19(28)24(16)2)9-3-11-29-18-21-8-10-25(18)14-6-4-13(20)5-7-14/h4-8,10,12H,3,9,11H2,1-2H3. The van der Waals surface area contributed by atoms with Crippen molar-refractivity contribution in [3.8, 4) is 5.69 Å². The van der Waals surface area contributed by atoms with Gasteiger partial charge in [0.1, 0.15) is 0 Å². The summed E-state index contributed by atoms with van der Waals surface area (Å²) in [5, 5.41) is 0.870. The summed E-state index contributed by atoms with van der Waals surface area (Å²) in [6, 6.07) is 8.01. The first kappa shape index (κ1) is 19.7. The van der Waals surface area contributed by atoms with Crippen LogP contribution in [0, 0.1) is 0 Å². The predicted octanol–water partition coefficient (Wildman–Crippen LogP) is 2.56. The zero-order valence-corrected chi connectivity index (χ0v) is 18.4. The number of hydrogen-bond donors (Lipinski definition) is 0. The first-order valence-corrected chi connectivity index (χ1v) is 10.8. The van der Waals surface area contributed by atoms with Gasteiger partial charge in [0.2, 0.25) is 0 Å². The second-order valence-electron chi connectivity index (χ2n) is 6.58. The molecule has 0 N–H and O–H groups in total. The van der Waals surface area contributed by atoms with Gasteiger partial charge in [-0.25, -0.2) is 14.8 Å². The molecular formula is C19H19BrN6O2S. The Kier molecular flexibility index (Phi) is 5.46. The Morgan fingerprint density at radius 1 is 1.10 bits per heavy atom. The third-order valence-electron chi connectivity index (χ3n) is 4.67. The highest BCUT2D eigenvalue weighted by molar-refractivity contribution is 9.10. The van der Waals surface area contributed by atoms with E-state index >= 15 is 0 Å². The number of imidazole rings is 2. The highest BCUT2D eigenvalue weighted by atomic mass is 79.9. The third-order valence-corrected chi connectivity index (χ3v) is 6.25. The molecule has 0 saturated heterocycles. The lowest BCUT2D eigenvalue weighted by atomic mass is 10.3. The van der Waals surface area contributed by atoms with Crippen LogP contribution in [-0.2, 0) is 20.6 Å². The molecule has 10 heteroatoms. The topological polar surface area (TPSA) is 79.6 Å². The smallest absolute Gasteiger partial charge is 0.328 e. The average Bonchev–Trinajstić information content (AvgIpc) is 3.33. The maximum Gasteiger partial charge on any atom is 0.332 e. The summed E-state index contributed by atoms with van der Waals surface area (Å²) in [7, 11) is 3.39. The molecule has 0 unspecified atom stereocenters. The van der Waals surface area contributed by atoms with Gasteiger partial charge in [0.25, 0.3) is 5.56 Å². The fourth-order valence-electron chi connectivity index (χ4n) is 3.17. The Balaban J connectivity index is 1.48. The molecular weight excluding hydrogens is 456 g/mol. The quantitative estimate of drug-likeness (QED) is 0.317. The van der Waals surface area contributed by atoms with Crippen molar-refractivity contribution in [1.82, 2.24) is 28.2 Å². The summed E-state index contributed by atoms with van der Waals surface area (Å²) in [5.41, 5.74) is 1.22. The van der Waals surface area contributed by atoms with Crippen LogP contribution >= 0.6 is 27.7 Å². The molecule has 1 aromatic carbocycles. The van der Waals surface area contributed by atoms with Crippen molar-refractivity contribution in [3.63, 3.8) is 0 Å². The Labute approximate surface area is 179 Å². The van der Waals surface area contributed by atoms with Crippen molar-refractivity contribution in [3.05, 3.63) is 68.3 Å². The Bertz CT molecular complexity index is 1290. The van der Waals surface area contributed by atoms with Gasteiger partial charge < -0.3 is 4.57 Å². The van der Waals surface area contributed by atoms with Gasteiger partial charge in [0, 0.05) is 48.9 Å². The fourth-order valence-corrected chi connectivity index (χ4v) is 4.34. The highest BCUT2D eigenvalue weighted by Gasteiger charge is 2.14. The van der Waals surface area contributed by atoms with E-state index in [0.717, 1.165) is 21.1 Å². The Morgan fingerprint density at radius 2 is 1.86 bits per heavy atom. The lowest BCUT2D eigenvalue weighted by Gasteiger charge is -2.09. The summed E-state index contributed by atoms with van der Waals surface area (Å²) < 4.78 is 7.39. The second-order valence-corrected chi connectivity index (χ2v) is 8.56. The normalized spacial score (nSPS) is 11.4. The molecule has 4 aromatic rings. The molecule has 0 amide bonds. The number of hydrogen-bond acceptors (Lipinski definition) is 5. The molecule has 0 fully saturated rings. The van der Waals surface area contributed by atoms with Crippen molar-refractivity contribution in [2.45, 2.75) is 18.1 Å². The van der Waals surface area contributed by atoms with E-state index in [1.807, 2.05) is 35.0 Å². The van der Waals surface area contributed by atoms with Gasteiger partial charge in [-0.2, -0.15) is 0 Å². The second kappa shape index (κ2) is 8.03. The number of aryl methyl sites for hydroxylation is 2. The molecule has 0 saturated carbocycles. The number of aromatic nitrogens is 6. The van der Waals surface area contributed by atoms with Crippen LogP contribution in [0.4, 0.5) is 0 Å². The SMILES string of the molecule is Cn1cnc2c1c(=O)n(CCCSc1nccn1-c1ccc(Br)cc1)c(=O)n2C. The molecule has 0 aliphatic heterocycles. The number of halogens is 1. The molecule has 0 radical (unpaired) electrons. The fraction of sp³-hybridized carbons (Fsp3) is 0.263. The molecule has 0 spiro atoms. The lowest BCUT2D eigenvalue weighted by molar-refractivity contribution is 0.594. The predicted molar refractivity (Wildman–Crippen MR) is 117 cm³/mol. The van der Waals surface area contributed by atoms with Gasteiger partial charge in [0.15, 0.2) is 16.3 Å².